The Labute approximate surface area is 139 Å². The molecule has 2 aromatic rings. The lowest BCUT2D eigenvalue weighted by atomic mass is 10.1. The third kappa shape index (κ3) is 2.67. The first-order valence-corrected chi connectivity index (χ1v) is 7.94. The Morgan fingerprint density at radius 2 is 1.68 bits per heavy atom. The number of fused-ring (bicyclic) bond motifs is 1. The molecular formula is C16H21BrN2O3. The van der Waals surface area contributed by atoms with Gasteiger partial charge in [0.05, 0.1) is 26.7 Å². The molecule has 0 saturated carbocycles. The van der Waals surface area contributed by atoms with E-state index in [0.717, 1.165) is 34.2 Å². The number of ether oxygens (including phenoxy) is 3. The highest BCUT2D eigenvalue weighted by Crippen LogP contribution is 2.47. The summed E-state index contributed by atoms with van der Waals surface area (Å²) in [7, 11) is 4.85. The summed E-state index contributed by atoms with van der Waals surface area (Å²) < 4.78 is 17.5. The first-order chi connectivity index (χ1) is 10.6. The van der Waals surface area contributed by atoms with Gasteiger partial charge in [-0.05, 0) is 35.8 Å². The highest BCUT2D eigenvalue weighted by molar-refractivity contribution is 9.10. The minimum absolute atomic E-state index is 0.575. The number of hydrogen-bond donors (Lipinski definition) is 0. The van der Waals surface area contributed by atoms with Gasteiger partial charge in [-0.1, -0.05) is 0 Å². The number of pyridine rings is 1. The number of hydrogen-bond acceptors (Lipinski definition) is 5. The number of methoxy groups -OCH3 is 3. The van der Waals surface area contributed by atoms with Gasteiger partial charge in [-0.3, -0.25) is 0 Å². The van der Waals surface area contributed by atoms with Crippen molar-refractivity contribution in [2.24, 2.45) is 0 Å². The van der Waals surface area contributed by atoms with E-state index in [0.29, 0.717) is 17.2 Å². The average molecular weight is 369 g/mol. The molecule has 2 rings (SSSR count). The van der Waals surface area contributed by atoms with Crippen molar-refractivity contribution in [3.05, 3.63) is 16.7 Å². The maximum atomic E-state index is 5.63. The van der Waals surface area contributed by atoms with Gasteiger partial charge in [-0.25, -0.2) is 4.98 Å². The Morgan fingerprint density at radius 1 is 1.05 bits per heavy atom. The van der Waals surface area contributed by atoms with Gasteiger partial charge in [0.1, 0.15) is 5.82 Å². The molecule has 0 atom stereocenters. The highest BCUT2D eigenvalue weighted by atomic mass is 79.9. The minimum atomic E-state index is 0.575. The monoisotopic (exact) mass is 368 g/mol. The van der Waals surface area contributed by atoms with E-state index in [1.165, 1.54) is 0 Å². The maximum absolute atomic E-state index is 5.63. The summed E-state index contributed by atoms with van der Waals surface area (Å²) in [6, 6.07) is 1.94. The van der Waals surface area contributed by atoms with Gasteiger partial charge in [0, 0.05) is 29.1 Å². The van der Waals surface area contributed by atoms with Gasteiger partial charge in [-0.15, -0.1) is 0 Å². The largest absolute Gasteiger partial charge is 0.493 e. The van der Waals surface area contributed by atoms with Gasteiger partial charge >= 0.3 is 0 Å². The Kier molecular flexibility index (Phi) is 5.34. The molecule has 22 heavy (non-hydrogen) atoms. The molecule has 0 bridgehead atoms. The van der Waals surface area contributed by atoms with Crippen LogP contribution in [0.15, 0.2) is 16.7 Å². The second-order valence-corrected chi connectivity index (χ2v) is 5.52. The minimum Gasteiger partial charge on any atom is -0.493 e. The van der Waals surface area contributed by atoms with Gasteiger partial charge in [-0.2, -0.15) is 0 Å². The van der Waals surface area contributed by atoms with Crippen LogP contribution in [-0.2, 0) is 0 Å². The van der Waals surface area contributed by atoms with Crippen LogP contribution in [-0.4, -0.2) is 39.4 Å². The highest BCUT2D eigenvalue weighted by Gasteiger charge is 2.22. The van der Waals surface area contributed by atoms with E-state index in [1.807, 2.05) is 6.07 Å². The van der Waals surface area contributed by atoms with Crippen molar-refractivity contribution in [2.75, 3.05) is 39.3 Å². The molecule has 0 amide bonds. The van der Waals surface area contributed by atoms with Crippen LogP contribution in [0.1, 0.15) is 13.8 Å². The third-order valence-corrected chi connectivity index (χ3v) is 4.31. The van der Waals surface area contributed by atoms with E-state index in [2.05, 4.69) is 39.7 Å². The SMILES string of the molecule is CCN(CC)c1ncc(Br)c2cc(OC)c(OC)c(OC)c12. The molecule has 0 aliphatic heterocycles. The van der Waals surface area contributed by atoms with E-state index in [1.54, 1.807) is 27.5 Å². The lowest BCUT2D eigenvalue weighted by Crippen LogP contribution is -2.23. The number of anilines is 1. The molecule has 1 heterocycles. The smallest absolute Gasteiger partial charge is 0.204 e. The summed E-state index contributed by atoms with van der Waals surface area (Å²) in [6.45, 7) is 5.92. The van der Waals surface area contributed by atoms with Crippen LogP contribution in [0.2, 0.25) is 0 Å². The predicted molar refractivity (Wildman–Crippen MR) is 92.7 cm³/mol. The molecule has 0 aliphatic rings. The summed E-state index contributed by atoms with van der Waals surface area (Å²) in [6.07, 6.45) is 1.81. The van der Waals surface area contributed by atoms with Crippen LogP contribution >= 0.6 is 15.9 Å². The molecule has 0 aliphatic carbocycles. The van der Waals surface area contributed by atoms with Crippen LogP contribution < -0.4 is 19.1 Å². The molecule has 0 radical (unpaired) electrons. The molecule has 0 spiro atoms. The molecule has 6 heteroatoms. The quantitative estimate of drug-likeness (QED) is 0.774. The van der Waals surface area contributed by atoms with Crippen LogP contribution in [0.4, 0.5) is 5.82 Å². The molecule has 0 N–H and O–H groups in total. The lowest BCUT2D eigenvalue weighted by molar-refractivity contribution is 0.327. The predicted octanol–water partition coefficient (Wildman–Crippen LogP) is 3.87. The van der Waals surface area contributed by atoms with Gasteiger partial charge in [0.2, 0.25) is 5.75 Å². The molecule has 0 saturated heterocycles. The summed E-state index contributed by atoms with van der Waals surface area (Å²) in [5, 5.41) is 1.89. The molecular weight excluding hydrogens is 348 g/mol. The van der Waals surface area contributed by atoms with Gasteiger partial charge in [0.25, 0.3) is 0 Å². The van der Waals surface area contributed by atoms with Crippen molar-refractivity contribution < 1.29 is 14.2 Å². The summed E-state index contributed by atoms with van der Waals surface area (Å²) in [4.78, 5) is 6.77. The third-order valence-electron chi connectivity index (χ3n) is 3.67. The zero-order chi connectivity index (χ0) is 16.3. The van der Waals surface area contributed by atoms with Crippen molar-refractivity contribution in [3.63, 3.8) is 0 Å². The van der Waals surface area contributed by atoms with E-state index >= 15 is 0 Å². The maximum Gasteiger partial charge on any atom is 0.204 e. The van der Waals surface area contributed by atoms with Crippen LogP contribution in [0.3, 0.4) is 0 Å². The summed E-state index contributed by atoms with van der Waals surface area (Å²) in [5.41, 5.74) is 0. The standard InChI is InChI=1S/C16H21BrN2O3/c1-6-19(7-2)16-13-10(11(17)9-18-16)8-12(20-3)14(21-4)15(13)22-5/h8-9H,6-7H2,1-5H3. The van der Waals surface area contributed by atoms with E-state index in [4.69, 9.17) is 14.2 Å². The molecule has 0 fully saturated rings. The molecule has 5 nitrogen and oxygen atoms in total. The molecule has 1 aromatic carbocycles. The van der Waals surface area contributed by atoms with E-state index in [-0.39, 0.29) is 0 Å². The van der Waals surface area contributed by atoms with Gasteiger partial charge in [0.15, 0.2) is 11.5 Å². The average Bonchev–Trinajstić information content (AvgIpc) is 2.55. The van der Waals surface area contributed by atoms with Crippen molar-refractivity contribution in [2.45, 2.75) is 13.8 Å². The number of nitrogens with zero attached hydrogens (tertiary/aromatic N) is 2. The van der Waals surface area contributed by atoms with Crippen molar-refractivity contribution in [3.8, 4) is 17.2 Å². The van der Waals surface area contributed by atoms with Crippen LogP contribution in [0.25, 0.3) is 10.8 Å². The zero-order valence-corrected chi connectivity index (χ0v) is 15.2. The van der Waals surface area contributed by atoms with E-state index < -0.39 is 0 Å². The molecule has 1 aromatic heterocycles. The molecule has 120 valence electrons. The van der Waals surface area contributed by atoms with Gasteiger partial charge < -0.3 is 19.1 Å². The fourth-order valence-electron chi connectivity index (χ4n) is 2.58. The van der Waals surface area contributed by atoms with Crippen molar-refractivity contribution in [1.82, 2.24) is 4.98 Å². The van der Waals surface area contributed by atoms with Crippen molar-refractivity contribution in [1.29, 1.82) is 0 Å². The fraction of sp³-hybridized carbons (Fsp3) is 0.438. The lowest BCUT2D eigenvalue weighted by Gasteiger charge is -2.24. The number of halogens is 1. The second kappa shape index (κ2) is 7.05. The first-order valence-electron chi connectivity index (χ1n) is 7.14. The summed E-state index contributed by atoms with van der Waals surface area (Å²) >= 11 is 3.56. The second-order valence-electron chi connectivity index (χ2n) is 4.67. The Hall–Kier alpha value is -1.69. The normalized spacial score (nSPS) is 10.6. The number of aromatic nitrogens is 1. The fourth-order valence-corrected chi connectivity index (χ4v) is 3.00. The number of rotatable bonds is 6. The Morgan fingerprint density at radius 3 is 2.18 bits per heavy atom. The Balaban J connectivity index is 2.93. The first kappa shape index (κ1) is 16.7. The summed E-state index contributed by atoms with van der Waals surface area (Å²) in [5.74, 6) is 2.71. The zero-order valence-electron chi connectivity index (χ0n) is 13.6. The van der Waals surface area contributed by atoms with Crippen LogP contribution in [0.5, 0.6) is 17.2 Å². The van der Waals surface area contributed by atoms with Crippen LogP contribution in [0, 0.1) is 0 Å². The topological polar surface area (TPSA) is 43.8 Å². The Bertz CT molecular complexity index is 672. The van der Waals surface area contributed by atoms with Crippen molar-refractivity contribution >= 4 is 32.5 Å². The molecule has 0 unspecified atom stereocenters. The van der Waals surface area contributed by atoms with E-state index in [9.17, 15) is 0 Å². The number of benzene rings is 1.